The molecule has 4 nitrogen and oxygen atoms in total. The van der Waals surface area contributed by atoms with E-state index < -0.39 is 12.1 Å². The summed E-state index contributed by atoms with van der Waals surface area (Å²) in [5, 5.41) is 0. The predicted molar refractivity (Wildman–Crippen MR) is 91.2 cm³/mol. The van der Waals surface area contributed by atoms with Gasteiger partial charge < -0.3 is 21.1 Å². The summed E-state index contributed by atoms with van der Waals surface area (Å²) < 4.78 is 0. The summed E-state index contributed by atoms with van der Waals surface area (Å²) in [6, 6.07) is 15.4. The van der Waals surface area contributed by atoms with Crippen molar-refractivity contribution in [2.24, 2.45) is 11.5 Å². The van der Waals surface area contributed by atoms with Crippen molar-refractivity contribution in [3.8, 4) is 0 Å². The average Bonchev–Trinajstić information content (AvgIpc) is 2.58. The van der Waals surface area contributed by atoms with Crippen molar-refractivity contribution in [1.82, 2.24) is 0 Å². The van der Waals surface area contributed by atoms with E-state index in [9.17, 15) is 9.59 Å². The Balaban J connectivity index is 1.96. The van der Waals surface area contributed by atoms with Crippen molar-refractivity contribution in [3.05, 3.63) is 70.8 Å². The molecule has 0 aromatic heterocycles. The number of benzene rings is 2. The summed E-state index contributed by atoms with van der Waals surface area (Å²) >= 11 is 0. The third-order valence-electron chi connectivity index (χ3n) is 3.75. The number of hydrogen-bond acceptors (Lipinski definition) is 4. The lowest BCUT2D eigenvalue weighted by Crippen LogP contribution is -2.24. The predicted octanol–water partition coefficient (Wildman–Crippen LogP) is 1.41. The van der Waals surface area contributed by atoms with E-state index >= 15 is 0 Å². The Kier molecular flexibility index (Phi) is 6.20. The summed E-state index contributed by atoms with van der Waals surface area (Å²) in [7, 11) is 0. The second kappa shape index (κ2) is 8.36. The molecule has 2 aromatic rings. The van der Waals surface area contributed by atoms with Crippen LogP contribution in [0.1, 0.15) is 22.3 Å². The van der Waals surface area contributed by atoms with E-state index in [1.54, 1.807) is 0 Å². The molecule has 0 aliphatic carbocycles. The lowest BCUT2D eigenvalue weighted by atomic mass is 9.99. The number of rotatable bonds is 8. The molecule has 2 aromatic carbocycles. The molecule has 4 N–H and O–H groups in total. The SMILES string of the molecule is NC(C=O)Cc1ccc(Cc2ccc(CC(N)C=O)cc2)cc1. The lowest BCUT2D eigenvalue weighted by Gasteiger charge is -2.08. The number of carbonyl (C=O) groups excluding carboxylic acids is 2. The Bertz CT molecular complexity index is 578. The molecule has 0 spiro atoms. The van der Waals surface area contributed by atoms with Gasteiger partial charge in [-0.25, -0.2) is 0 Å². The molecule has 2 rings (SSSR count). The molecule has 0 fully saturated rings. The second-order valence-corrected chi connectivity index (χ2v) is 5.82. The minimum absolute atomic E-state index is 0.439. The highest BCUT2D eigenvalue weighted by Gasteiger charge is 2.04. The van der Waals surface area contributed by atoms with E-state index in [0.29, 0.717) is 12.8 Å². The van der Waals surface area contributed by atoms with Gasteiger partial charge in [-0.15, -0.1) is 0 Å². The van der Waals surface area contributed by atoms with Gasteiger partial charge in [-0.1, -0.05) is 48.5 Å². The van der Waals surface area contributed by atoms with E-state index in [-0.39, 0.29) is 0 Å². The van der Waals surface area contributed by atoms with Gasteiger partial charge in [0.2, 0.25) is 0 Å². The van der Waals surface area contributed by atoms with Crippen molar-refractivity contribution in [2.45, 2.75) is 31.3 Å². The molecule has 4 heteroatoms. The van der Waals surface area contributed by atoms with Crippen LogP contribution in [-0.2, 0) is 28.9 Å². The van der Waals surface area contributed by atoms with E-state index in [1.807, 2.05) is 24.3 Å². The van der Waals surface area contributed by atoms with E-state index in [1.165, 1.54) is 11.1 Å². The molecule has 0 bridgehead atoms. The highest BCUT2D eigenvalue weighted by Crippen LogP contribution is 2.13. The van der Waals surface area contributed by atoms with Crippen LogP contribution >= 0.6 is 0 Å². The van der Waals surface area contributed by atoms with Gasteiger partial charge in [0.25, 0.3) is 0 Å². The normalized spacial score (nSPS) is 13.3. The van der Waals surface area contributed by atoms with Gasteiger partial charge in [0.05, 0.1) is 12.1 Å². The van der Waals surface area contributed by atoms with Gasteiger partial charge in [-0.05, 0) is 41.5 Å². The molecule has 0 saturated heterocycles. The molecule has 120 valence electrons. The maximum absolute atomic E-state index is 10.6. The summed E-state index contributed by atoms with van der Waals surface area (Å²) in [4.78, 5) is 21.2. The number of carbonyl (C=O) groups is 2. The summed E-state index contributed by atoms with van der Waals surface area (Å²) in [5.74, 6) is 0. The molecule has 0 heterocycles. The largest absolute Gasteiger partial charge is 0.321 e. The molecule has 0 aliphatic rings. The molecule has 23 heavy (non-hydrogen) atoms. The minimum Gasteiger partial charge on any atom is -0.321 e. The Morgan fingerprint density at radius 3 is 1.26 bits per heavy atom. The molecule has 0 amide bonds. The van der Waals surface area contributed by atoms with Crippen LogP contribution in [0, 0.1) is 0 Å². The van der Waals surface area contributed by atoms with Crippen LogP contribution in [0.15, 0.2) is 48.5 Å². The maximum Gasteiger partial charge on any atom is 0.137 e. The number of nitrogens with two attached hydrogens (primary N) is 2. The third-order valence-corrected chi connectivity index (χ3v) is 3.75. The first-order valence-electron chi connectivity index (χ1n) is 7.68. The molecular formula is C19H22N2O2. The van der Waals surface area contributed by atoms with E-state index in [2.05, 4.69) is 24.3 Å². The smallest absolute Gasteiger partial charge is 0.137 e. The summed E-state index contributed by atoms with van der Waals surface area (Å²) in [5.41, 5.74) is 15.8. The number of aldehydes is 2. The first-order chi connectivity index (χ1) is 11.1. The van der Waals surface area contributed by atoms with Crippen molar-refractivity contribution in [3.63, 3.8) is 0 Å². The second-order valence-electron chi connectivity index (χ2n) is 5.82. The monoisotopic (exact) mass is 310 g/mol. The van der Waals surface area contributed by atoms with Crippen LogP contribution in [-0.4, -0.2) is 24.7 Å². The lowest BCUT2D eigenvalue weighted by molar-refractivity contribution is -0.109. The Morgan fingerprint density at radius 2 is 0.957 bits per heavy atom. The quantitative estimate of drug-likeness (QED) is 0.722. The highest BCUT2D eigenvalue weighted by molar-refractivity contribution is 5.58. The maximum atomic E-state index is 10.6. The van der Waals surface area contributed by atoms with Crippen molar-refractivity contribution < 1.29 is 9.59 Å². The molecule has 2 unspecified atom stereocenters. The first-order valence-corrected chi connectivity index (χ1v) is 7.68. The molecular weight excluding hydrogens is 288 g/mol. The zero-order chi connectivity index (χ0) is 16.7. The standard InChI is InChI=1S/C19H22N2O2/c20-18(12-22)10-16-5-1-14(2-6-16)9-15-3-7-17(8-4-15)11-19(21)13-23/h1-8,12-13,18-19H,9-11,20-21H2. The Morgan fingerprint density at radius 1 is 0.652 bits per heavy atom. The van der Waals surface area contributed by atoms with Gasteiger partial charge in [0.15, 0.2) is 0 Å². The zero-order valence-corrected chi connectivity index (χ0v) is 13.0. The Labute approximate surface area is 136 Å². The van der Waals surface area contributed by atoms with E-state index in [4.69, 9.17) is 11.5 Å². The highest BCUT2D eigenvalue weighted by atomic mass is 16.1. The topological polar surface area (TPSA) is 86.2 Å². The first kappa shape index (κ1) is 17.1. The van der Waals surface area contributed by atoms with Crippen LogP contribution in [0.5, 0.6) is 0 Å². The van der Waals surface area contributed by atoms with Gasteiger partial charge in [-0.2, -0.15) is 0 Å². The van der Waals surface area contributed by atoms with Gasteiger partial charge in [-0.3, -0.25) is 0 Å². The van der Waals surface area contributed by atoms with Crippen LogP contribution in [0.2, 0.25) is 0 Å². The summed E-state index contributed by atoms with van der Waals surface area (Å²) in [6.45, 7) is 0. The number of hydrogen-bond donors (Lipinski definition) is 2. The fourth-order valence-electron chi connectivity index (χ4n) is 2.46. The van der Waals surface area contributed by atoms with Gasteiger partial charge in [0.1, 0.15) is 12.6 Å². The Hall–Kier alpha value is -2.30. The van der Waals surface area contributed by atoms with Crippen LogP contribution < -0.4 is 11.5 Å². The van der Waals surface area contributed by atoms with Gasteiger partial charge >= 0.3 is 0 Å². The van der Waals surface area contributed by atoms with Gasteiger partial charge in [0, 0.05) is 0 Å². The minimum atomic E-state index is -0.439. The van der Waals surface area contributed by atoms with Crippen molar-refractivity contribution in [2.75, 3.05) is 0 Å². The van der Waals surface area contributed by atoms with Crippen LogP contribution in [0.3, 0.4) is 0 Å². The van der Waals surface area contributed by atoms with E-state index in [0.717, 1.165) is 30.1 Å². The van der Waals surface area contributed by atoms with Crippen LogP contribution in [0.4, 0.5) is 0 Å². The van der Waals surface area contributed by atoms with Crippen LogP contribution in [0.25, 0.3) is 0 Å². The fourth-order valence-corrected chi connectivity index (χ4v) is 2.46. The van der Waals surface area contributed by atoms with Crippen molar-refractivity contribution >= 4 is 12.6 Å². The average molecular weight is 310 g/mol. The zero-order valence-electron chi connectivity index (χ0n) is 13.0. The molecule has 2 atom stereocenters. The third kappa shape index (κ3) is 5.43. The molecule has 0 saturated carbocycles. The van der Waals surface area contributed by atoms with Crippen molar-refractivity contribution in [1.29, 1.82) is 0 Å². The molecule has 0 aliphatic heterocycles. The molecule has 0 radical (unpaired) electrons. The fraction of sp³-hybridized carbons (Fsp3) is 0.263. The summed E-state index contributed by atoms with van der Waals surface area (Å²) in [6.07, 6.45) is 3.50.